The largest absolute Gasteiger partial charge is 0.494 e. The van der Waals surface area contributed by atoms with Crippen LogP contribution in [0.3, 0.4) is 0 Å². The highest BCUT2D eigenvalue weighted by molar-refractivity contribution is 5.86. The topological polar surface area (TPSA) is 35.5 Å². The molecule has 26 heavy (non-hydrogen) atoms. The third kappa shape index (κ3) is 5.12. The fourth-order valence-corrected chi connectivity index (χ4v) is 2.56. The van der Waals surface area contributed by atoms with E-state index < -0.39 is 0 Å². The van der Waals surface area contributed by atoms with Crippen molar-refractivity contribution in [3.05, 3.63) is 72.3 Å². The van der Waals surface area contributed by atoms with E-state index in [9.17, 15) is 4.79 Å². The molecule has 3 rings (SSSR count). The van der Waals surface area contributed by atoms with Crippen molar-refractivity contribution in [2.45, 2.75) is 19.8 Å². The zero-order valence-corrected chi connectivity index (χ0v) is 14.7. The Morgan fingerprint density at radius 3 is 2.42 bits per heavy atom. The molecule has 130 valence electrons. The normalized spacial score (nSPS) is 10.0. The first-order valence-corrected chi connectivity index (χ1v) is 8.60. The molecular formula is C23H20O3. The molecule has 0 saturated carbocycles. The lowest BCUT2D eigenvalue weighted by atomic mass is 10.1. The first kappa shape index (κ1) is 17.6. The maximum Gasteiger partial charge on any atom is 0.308 e. The van der Waals surface area contributed by atoms with Crippen LogP contribution < -0.4 is 9.47 Å². The Kier molecular flexibility index (Phi) is 5.90. The van der Waals surface area contributed by atoms with Crippen molar-refractivity contribution >= 4 is 16.7 Å². The first-order chi connectivity index (χ1) is 12.7. The number of ether oxygens (including phenoxy) is 2. The van der Waals surface area contributed by atoms with E-state index in [1.807, 2.05) is 60.7 Å². The smallest absolute Gasteiger partial charge is 0.308 e. The molecule has 0 spiro atoms. The maximum atomic E-state index is 11.1. The van der Waals surface area contributed by atoms with E-state index in [2.05, 4.69) is 11.8 Å². The van der Waals surface area contributed by atoms with Gasteiger partial charge in [-0.15, -0.1) is 0 Å². The van der Waals surface area contributed by atoms with Crippen molar-refractivity contribution in [2.24, 2.45) is 0 Å². The van der Waals surface area contributed by atoms with Crippen LogP contribution in [0.25, 0.3) is 10.8 Å². The number of esters is 1. The molecule has 0 aliphatic heterocycles. The molecule has 3 aromatic carbocycles. The van der Waals surface area contributed by atoms with Gasteiger partial charge in [-0.1, -0.05) is 42.2 Å². The minimum absolute atomic E-state index is 0.326. The van der Waals surface area contributed by atoms with Crippen LogP contribution in [0.5, 0.6) is 11.5 Å². The van der Waals surface area contributed by atoms with Crippen molar-refractivity contribution in [3.63, 3.8) is 0 Å². The lowest BCUT2D eigenvalue weighted by Crippen LogP contribution is -2.01. The van der Waals surface area contributed by atoms with Crippen LogP contribution in [-0.2, 0) is 4.79 Å². The lowest BCUT2D eigenvalue weighted by Gasteiger charge is -2.07. The quantitative estimate of drug-likeness (QED) is 0.283. The molecule has 0 heterocycles. The predicted octanol–water partition coefficient (Wildman–Crippen LogP) is 4.98. The monoisotopic (exact) mass is 344 g/mol. The van der Waals surface area contributed by atoms with Crippen molar-refractivity contribution in [1.82, 2.24) is 0 Å². The van der Waals surface area contributed by atoms with Gasteiger partial charge in [-0.25, -0.2) is 0 Å². The molecule has 0 aromatic heterocycles. The summed E-state index contributed by atoms with van der Waals surface area (Å²) in [6.45, 7) is 2.00. The number of hydrogen-bond donors (Lipinski definition) is 0. The molecular weight excluding hydrogens is 324 g/mol. The van der Waals surface area contributed by atoms with Gasteiger partial charge >= 0.3 is 5.97 Å². The molecule has 0 saturated heterocycles. The van der Waals surface area contributed by atoms with Crippen LogP contribution in [0, 0.1) is 11.8 Å². The fraction of sp³-hybridized carbons (Fsp3) is 0.174. The molecule has 0 aliphatic rings. The van der Waals surface area contributed by atoms with E-state index in [1.54, 1.807) is 6.07 Å². The van der Waals surface area contributed by atoms with E-state index in [-0.39, 0.29) is 5.97 Å². The van der Waals surface area contributed by atoms with Gasteiger partial charge in [0.25, 0.3) is 0 Å². The second kappa shape index (κ2) is 8.73. The molecule has 0 N–H and O–H groups in total. The van der Waals surface area contributed by atoms with Gasteiger partial charge in [-0.05, 0) is 53.6 Å². The van der Waals surface area contributed by atoms with Gasteiger partial charge in [0, 0.05) is 18.9 Å². The van der Waals surface area contributed by atoms with Crippen molar-refractivity contribution in [1.29, 1.82) is 0 Å². The van der Waals surface area contributed by atoms with Gasteiger partial charge in [0.1, 0.15) is 11.5 Å². The highest BCUT2D eigenvalue weighted by Crippen LogP contribution is 2.25. The highest BCUT2D eigenvalue weighted by Gasteiger charge is 2.02. The second-order valence-electron chi connectivity index (χ2n) is 5.88. The predicted molar refractivity (Wildman–Crippen MR) is 103 cm³/mol. The third-order valence-electron chi connectivity index (χ3n) is 3.77. The molecule has 3 nitrogen and oxygen atoms in total. The van der Waals surface area contributed by atoms with Crippen molar-refractivity contribution in [3.8, 4) is 23.3 Å². The van der Waals surface area contributed by atoms with Crippen LogP contribution in [0.15, 0.2) is 66.7 Å². The Labute approximate surface area is 153 Å². The van der Waals surface area contributed by atoms with Gasteiger partial charge in [-0.3, -0.25) is 4.79 Å². The summed E-state index contributed by atoms with van der Waals surface area (Å²) in [7, 11) is 0. The number of carbonyl (C=O) groups excluding carboxylic acids is 1. The molecule has 0 amide bonds. The summed E-state index contributed by atoms with van der Waals surface area (Å²) in [5.74, 6) is 7.32. The summed E-state index contributed by atoms with van der Waals surface area (Å²) in [5.41, 5.74) is 1.03. The Morgan fingerprint density at radius 1 is 0.923 bits per heavy atom. The Morgan fingerprint density at radius 2 is 1.65 bits per heavy atom. The fourth-order valence-electron chi connectivity index (χ4n) is 2.56. The summed E-state index contributed by atoms with van der Waals surface area (Å²) in [4.78, 5) is 11.1. The van der Waals surface area contributed by atoms with Crippen LogP contribution in [0.1, 0.15) is 25.3 Å². The van der Waals surface area contributed by atoms with Crippen LogP contribution in [0.2, 0.25) is 0 Å². The Balaban J connectivity index is 1.54. The van der Waals surface area contributed by atoms with Gasteiger partial charge < -0.3 is 9.47 Å². The number of benzene rings is 3. The van der Waals surface area contributed by atoms with Gasteiger partial charge in [0.15, 0.2) is 0 Å². The number of hydrogen-bond acceptors (Lipinski definition) is 3. The molecule has 3 aromatic rings. The van der Waals surface area contributed by atoms with Crippen molar-refractivity contribution in [2.75, 3.05) is 6.61 Å². The zero-order valence-electron chi connectivity index (χ0n) is 14.7. The van der Waals surface area contributed by atoms with Crippen molar-refractivity contribution < 1.29 is 14.3 Å². The number of carbonyl (C=O) groups is 1. The number of fused-ring (bicyclic) bond motifs is 1. The minimum atomic E-state index is -0.326. The SMILES string of the molecule is CC(=O)Oc1ccc2ccc(OCCCC#Cc3ccccc3)cc2c1. The minimum Gasteiger partial charge on any atom is -0.494 e. The maximum absolute atomic E-state index is 11.1. The molecule has 3 heteroatoms. The second-order valence-corrected chi connectivity index (χ2v) is 5.88. The van der Waals surface area contributed by atoms with Gasteiger partial charge in [0.2, 0.25) is 0 Å². The number of rotatable bonds is 5. The van der Waals surface area contributed by atoms with Gasteiger partial charge in [-0.2, -0.15) is 0 Å². The van der Waals surface area contributed by atoms with E-state index >= 15 is 0 Å². The lowest BCUT2D eigenvalue weighted by molar-refractivity contribution is -0.131. The Hall–Kier alpha value is -3.25. The van der Waals surface area contributed by atoms with Gasteiger partial charge in [0.05, 0.1) is 6.61 Å². The molecule has 0 aliphatic carbocycles. The standard InChI is InChI=1S/C23H20O3/c1-18(24)26-23-14-12-20-11-13-22(16-21(20)17-23)25-15-7-3-6-10-19-8-4-2-5-9-19/h2,4-5,8-9,11-14,16-17H,3,7,15H2,1H3. The average Bonchev–Trinajstić information content (AvgIpc) is 2.64. The molecule has 0 unspecified atom stereocenters. The van der Waals surface area contributed by atoms with Crippen LogP contribution in [-0.4, -0.2) is 12.6 Å². The number of unbranched alkanes of at least 4 members (excludes halogenated alkanes) is 1. The van der Waals surface area contributed by atoms with E-state index in [0.29, 0.717) is 12.4 Å². The average molecular weight is 344 g/mol. The molecule has 0 radical (unpaired) electrons. The van der Waals surface area contributed by atoms with E-state index in [1.165, 1.54) is 6.92 Å². The van der Waals surface area contributed by atoms with E-state index in [0.717, 1.165) is 34.9 Å². The van der Waals surface area contributed by atoms with E-state index in [4.69, 9.17) is 9.47 Å². The summed E-state index contributed by atoms with van der Waals surface area (Å²) < 4.78 is 10.9. The summed E-state index contributed by atoms with van der Waals surface area (Å²) >= 11 is 0. The van der Waals surface area contributed by atoms with Crippen LogP contribution >= 0.6 is 0 Å². The summed E-state index contributed by atoms with van der Waals surface area (Å²) in [6.07, 6.45) is 1.66. The molecule has 0 atom stereocenters. The van der Waals surface area contributed by atoms with Crippen LogP contribution in [0.4, 0.5) is 0 Å². The summed E-state index contributed by atoms with van der Waals surface area (Å²) in [5, 5.41) is 2.05. The molecule has 0 bridgehead atoms. The third-order valence-corrected chi connectivity index (χ3v) is 3.77. The zero-order chi connectivity index (χ0) is 18.2. The Bertz CT molecular complexity index is 949. The highest BCUT2D eigenvalue weighted by atomic mass is 16.5. The summed E-state index contributed by atoms with van der Waals surface area (Å²) in [6, 6.07) is 21.4. The molecule has 0 fully saturated rings. The first-order valence-electron chi connectivity index (χ1n) is 8.60.